The average molecular weight is 491 g/mol. The summed E-state index contributed by atoms with van der Waals surface area (Å²) >= 11 is 9.69. The number of carbonyl (C=O) groups is 3. The molecule has 0 saturated heterocycles. The molecule has 0 aromatic heterocycles. The molecule has 0 radical (unpaired) electrons. The van der Waals surface area contributed by atoms with Gasteiger partial charge in [-0.2, -0.15) is 0 Å². The van der Waals surface area contributed by atoms with E-state index in [0.717, 1.165) is 10.0 Å². The molecule has 0 saturated carbocycles. The lowest BCUT2D eigenvalue weighted by atomic mass is 9.95. The third-order valence-electron chi connectivity index (χ3n) is 4.96. The minimum Gasteiger partial charge on any atom is -0.456 e. The van der Waals surface area contributed by atoms with E-state index in [4.69, 9.17) is 16.3 Å². The van der Waals surface area contributed by atoms with Gasteiger partial charge in [0.15, 0.2) is 0 Å². The van der Waals surface area contributed by atoms with E-state index in [1.807, 2.05) is 19.1 Å². The van der Waals surface area contributed by atoms with Crippen LogP contribution in [0.5, 0.6) is 0 Å². The number of hydrogen-bond acceptors (Lipinski definition) is 4. The topological polar surface area (TPSA) is 87.7 Å². The molecule has 154 valence electrons. The lowest BCUT2D eigenvalue weighted by molar-refractivity contribution is -0.136. The fourth-order valence-corrected chi connectivity index (χ4v) is 3.98. The second-order valence-corrected chi connectivity index (χ2v) is 8.20. The van der Waals surface area contributed by atoms with Crippen molar-refractivity contribution in [1.82, 2.24) is 10.2 Å². The Morgan fingerprint density at radius 1 is 1.30 bits per heavy atom. The molecule has 2 aliphatic heterocycles. The number of aryl methyl sites for hydroxylation is 1. The van der Waals surface area contributed by atoms with Crippen LogP contribution in [-0.4, -0.2) is 36.0 Å². The molecule has 0 fully saturated rings. The van der Waals surface area contributed by atoms with Gasteiger partial charge < -0.3 is 15.4 Å². The summed E-state index contributed by atoms with van der Waals surface area (Å²) in [7, 11) is 0. The Bertz CT molecular complexity index is 1100. The van der Waals surface area contributed by atoms with Crippen LogP contribution in [0, 0.1) is 6.92 Å². The van der Waals surface area contributed by atoms with Crippen LogP contribution in [0.2, 0.25) is 5.02 Å². The van der Waals surface area contributed by atoms with E-state index in [-0.39, 0.29) is 18.7 Å². The van der Waals surface area contributed by atoms with Gasteiger partial charge in [0.05, 0.1) is 17.3 Å². The molecule has 7 nitrogen and oxygen atoms in total. The van der Waals surface area contributed by atoms with E-state index in [1.54, 1.807) is 30.3 Å². The van der Waals surface area contributed by atoms with Crippen molar-refractivity contribution in [3.63, 3.8) is 0 Å². The van der Waals surface area contributed by atoms with Crippen molar-refractivity contribution in [2.45, 2.75) is 13.0 Å². The highest BCUT2D eigenvalue weighted by atomic mass is 79.9. The monoisotopic (exact) mass is 489 g/mol. The Kier molecular flexibility index (Phi) is 5.53. The fraction of sp³-hybridized carbons (Fsp3) is 0.190. The summed E-state index contributed by atoms with van der Waals surface area (Å²) < 4.78 is 6.10. The minimum atomic E-state index is -0.732. The minimum absolute atomic E-state index is 0.0762. The van der Waals surface area contributed by atoms with Gasteiger partial charge in [0, 0.05) is 15.2 Å². The smallest absolute Gasteiger partial charge is 0.338 e. The molecule has 9 heteroatoms. The number of nitrogens with one attached hydrogen (secondary N) is 2. The molecule has 1 unspecified atom stereocenters. The number of esters is 1. The summed E-state index contributed by atoms with van der Waals surface area (Å²) in [5.41, 5.74) is 2.82. The maximum atomic E-state index is 12.8. The lowest BCUT2D eigenvalue weighted by Gasteiger charge is -2.32. The standard InChI is InChI=1S/C21H17BrClN3O4/c1-11-8-12(6-7-14(11)22)24-17(27)9-26-16-10-30-20(28)18(16)19(25-21(26)29)13-4-2-3-5-15(13)23/h2-8,19H,9-10H2,1H3,(H,24,27)(H,25,29). The van der Waals surface area contributed by atoms with Crippen molar-refractivity contribution < 1.29 is 19.1 Å². The van der Waals surface area contributed by atoms with E-state index >= 15 is 0 Å². The first-order valence-corrected chi connectivity index (χ1v) is 10.3. The Morgan fingerprint density at radius 3 is 2.80 bits per heavy atom. The summed E-state index contributed by atoms with van der Waals surface area (Å²) in [5, 5.41) is 5.96. The van der Waals surface area contributed by atoms with Crippen molar-refractivity contribution in [2.75, 3.05) is 18.5 Å². The summed E-state index contributed by atoms with van der Waals surface area (Å²) in [4.78, 5) is 39.0. The predicted molar refractivity (Wildman–Crippen MR) is 115 cm³/mol. The van der Waals surface area contributed by atoms with Gasteiger partial charge in [0.1, 0.15) is 13.2 Å². The van der Waals surface area contributed by atoms with Crippen LogP contribution in [-0.2, 0) is 14.3 Å². The van der Waals surface area contributed by atoms with Crippen LogP contribution in [0.1, 0.15) is 17.2 Å². The molecule has 30 heavy (non-hydrogen) atoms. The molecule has 0 bridgehead atoms. The first-order chi connectivity index (χ1) is 14.3. The van der Waals surface area contributed by atoms with Gasteiger partial charge in [0.25, 0.3) is 0 Å². The molecule has 2 aliphatic rings. The largest absolute Gasteiger partial charge is 0.456 e. The number of rotatable bonds is 4. The molecule has 0 aliphatic carbocycles. The summed E-state index contributed by atoms with van der Waals surface area (Å²) in [6.45, 7) is 1.57. The quantitative estimate of drug-likeness (QED) is 0.636. The van der Waals surface area contributed by atoms with Crippen LogP contribution in [0.25, 0.3) is 0 Å². The zero-order chi connectivity index (χ0) is 21.4. The highest BCUT2D eigenvalue weighted by Crippen LogP contribution is 2.37. The van der Waals surface area contributed by atoms with E-state index in [0.29, 0.717) is 22.0 Å². The van der Waals surface area contributed by atoms with Gasteiger partial charge in [-0.25, -0.2) is 9.59 Å². The number of carbonyl (C=O) groups excluding carboxylic acids is 3. The number of hydrogen-bond donors (Lipinski definition) is 2. The highest BCUT2D eigenvalue weighted by Gasteiger charge is 2.43. The van der Waals surface area contributed by atoms with Gasteiger partial charge in [-0.1, -0.05) is 45.7 Å². The number of benzene rings is 2. The summed E-state index contributed by atoms with van der Waals surface area (Å²) in [6.07, 6.45) is 0. The highest BCUT2D eigenvalue weighted by molar-refractivity contribution is 9.10. The van der Waals surface area contributed by atoms with E-state index in [1.165, 1.54) is 4.90 Å². The maximum absolute atomic E-state index is 12.8. The Labute approximate surface area is 186 Å². The van der Waals surface area contributed by atoms with Crippen LogP contribution in [0.4, 0.5) is 10.5 Å². The van der Waals surface area contributed by atoms with Gasteiger partial charge in [0.2, 0.25) is 5.91 Å². The van der Waals surface area contributed by atoms with Crippen molar-refractivity contribution >= 4 is 51.1 Å². The van der Waals surface area contributed by atoms with E-state index < -0.39 is 23.9 Å². The molecule has 2 aromatic rings. The number of nitrogens with zero attached hydrogens (tertiary/aromatic N) is 1. The van der Waals surface area contributed by atoms with Crippen molar-refractivity contribution in [1.29, 1.82) is 0 Å². The van der Waals surface area contributed by atoms with Crippen LogP contribution in [0.3, 0.4) is 0 Å². The van der Waals surface area contributed by atoms with Gasteiger partial charge in [-0.05, 0) is 42.3 Å². The predicted octanol–water partition coefficient (Wildman–Crippen LogP) is 3.93. The zero-order valence-electron chi connectivity index (χ0n) is 15.9. The van der Waals surface area contributed by atoms with Crippen molar-refractivity contribution in [3.8, 4) is 0 Å². The van der Waals surface area contributed by atoms with Gasteiger partial charge >= 0.3 is 12.0 Å². The molecule has 3 amide bonds. The zero-order valence-corrected chi connectivity index (χ0v) is 18.2. The molecule has 1 atom stereocenters. The fourth-order valence-electron chi connectivity index (χ4n) is 3.49. The normalized spacial score (nSPS) is 18.1. The molecule has 4 rings (SSSR count). The molecular formula is C21H17BrClN3O4. The third kappa shape index (κ3) is 3.80. The Balaban J connectivity index is 1.60. The van der Waals surface area contributed by atoms with Crippen LogP contribution >= 0.6 is 27.5 Å². The second-order valence-electron chi connectivity index (χ2n) is 6.94. The molecule has 2 N–H and O–H groups in total. The second kappa shape index (κ2) is 8.12. The SMILES string of the molecule is Cc1cc(NC(=O)CN2C(=O)NC(c3ccccc3Cl)C3=C2COC3=O)ccc1Br. The summed E-state index contributed by atoms with van der Waals surface area (Å²) in [5.74, 6) is -0.932. The lowest BCUT2D eigenvalue weighted by Crippen LogP contribution is -2.49. The summed E-state index contributed by atoms with van der Waals surface area (Å²) in [6, 6.07) is 11.1. The van der Waals surface area contributed by atoms with Crippen molar-refractivity contribution in [3.05, 3.63) is 74.4 Å². The Morgan fingerprint density at radius 2 is 2.07 bits per heavy atom. The number of cyclic esters (lactones) is 1. The van der Waals surface area contributed by atoms with Gasteiger partial charge in [-0.3, -0.25) is 9.69 Å². The number of ether oxygens (including phenoxy) is 1. The molecule has 0 spiro atoms. The molecule has 2 heterocycles. The third-order valence-corrected chi connectivity index (χ3v) is 6.19. The number of amides is 3. The average Bonchev–Trinajstić information content (AvgIpc) is 3.09. The van der Waals surface area contributed by atoms with E-state index in [2.05, 4.69) is 26.6 Å². The van der Waals surface area contributed by atoms with Crippen LogP contribution in [0.15, 0.2) is 58.2 Å². The molecule has 2 aromatic carbocycles. The Hall–Kier alpha value is -2.84. The van der Waals surface area contributed by atoms with E-state index in [9.17, 15) is 14.4 Å². The number of halogens is 2. The maximum Gasteiger partial charge on any atom is 0.338 e. The number of urea groups is 1. The van der Waals surface area contributed by atoms with Crippen LogP contribution < -0.4 is 10.6 Å². The number of anilines is 1. The first kappa shape index (κ1) is 20.4. The molecular weight excluding hydrogens is 474 g/mol. The first-order valence-electron chi connectivity index (χ1n) is 9.14. The van der Waals surface area contributed by atoms with Crippen molar-refractivity contribution in [2.24, 2.45) is 0 Å². The van der Waals surface area contributed by atoms with Gasteiger partial charge in [-0.15, -0.1) is 0 Å².